The Morgan fingerprint density at radius 2 is 1.96 bits per heavy atom. The van der Waals surface area contributed by atoms with Gasteiger partial charge in [0.05, 0.1) is 5.92 Å². The van der Waals surface area contributed by atoms with Gasteiger partial charge in [-0.1, -0.05) is 23.7 Å². The number of nitrogens with one attached hydrogen (secondary N) is 1. The lowest BCUT2D eigenvalue weighted by molar-refractivity contribution is -0.137. The van der Waals surface area contributed by atoms with Crippen molar-refractivity contribution >= 4 is 29.2 Å². The molecule has 0 aliphatic carbocycles. The molecule has 1 unspecified atom stereocenters. The Balaban J connectivity index is 1.60. The summed E-state index contributed by atoms with van der Waals surface area (Å²) in [7, 11) is 0. The number of carboxylic acids is 1. The molecule has 3 rings (SSSR count). The number of aliphatic carboxylic acids is 1. The predicted molar refractivity (Wildman–Crippen MR) is 95.2 cm³/mol. The van der Waals surface area contributed by atoms with Crippen LogP contribution in [0.25, 0.3) is 0 Å². The number of ether oxygens (including phenoxy) is 1. The van der Waals surface area contributed by atoms with E-state index in [-0.39, 0.29) is 18.2 Å². The molecule has 5 nitrogen and oxygen atoms in total. The van der Waals surface area contributed by atoms with Crippen LogP contribution >= 0.6 is 11.6 Å². The summed E-state index contributed by atoms with van der Waals surface area (Å²) in [5, 5.41) is 12.2. The van der Waals surface area contributed by atoms with E-state index in [0.717, 1.165) is 16.9 Å². The fraction of sp³-hybridized carbons (Fsp3) is 0.263. The van der Waals surface area contributed by atoms with E-state index in [1.54, 1.807) is 18.2 Å². The molecule has 25 heavy (non-hydrogen) atoms. The first-order valence-electron chi connectivity index (χ1n) is 8.04. The van der Waals surface area contributed by atoms with Crippen LogP contribution in [0.5, 0.6) is 5.75 Å². The number of fused-ring (bicyclic) bond motifs is 1. The summed E-state index contributed by atoms with van der Waals surface area (Å²) in [6, 6.07) is 12.6. The minimum absolute atomic E-state index is 0.0904. The quantitative estimate of drug-likeness (QED) is 0.856. The maximum Gasteiger partial charge on any atom is 0.303 e. The van der Waals surface area contributed by atoms with Crippen molar-refractivity contribution in [1.29, 1.82) is 0 Å². The highest BCUT2D eigenvalue weighted by atomic mass is 35.5. The Morgan fingerprint density at radius 3 is 2.68 bits per heavy atom. The van der Waals surface area contributed by atoms with Crippen molar-refractivity contribution in [3.8, 4) is 5.75 Å². The number of hydrogen-bond acceptors (Lipinski definition) is 3. The number of rotatable bonds is 5. The van der Waals surface area contributed by atoms with E-state index >= 15 is 0 Å². The number of benzene rings is 2. The third-order valence-corrected chi connectivity index (χ3v) is 4.38. The summed E-state index contributed by atoms with van der Waals surface area (Å²) < 4.78 is 5.65. The fourth-order valence-corrected chi connectivity index (χ4v) is 2.98. The zero-order chi connectivity index (χ0) is 17.8. The van der Waals surface area contributed by atoms with Crippen LogP contribution in [0.2, 0.25) is 5.02 Å². The number of hydrogen-bond donors (Lipinski definition) is 2. The van der Waals surface area contributed by atoms with Crippen molar-refractivity contribution in [2.45, 2.75) is 19.3 Å². The van der Waals surface area contributed by atoms with Gasteiger partial charge in [-0.25, -0.2) is 0 Å². The fourth-order valence-electron chi connectivity index (χ4n) is 2.78. The Bertz CT molecular complexity index is 789. The van der Waals surface area contributed by atoms with Crippen molar-refractivity contribution in [2.24, 2.45) is 5.92 Å². The zero-order valence-electron chi connectivity index (χ0n) is 13.5. The number of halogens is 1. The second-order valence-corrected chi connectivity index (χ2v) is 6.48. The lowest BCUT2D eigenvalue weighted by Gasteiger charge is -2.24. The minimum atomic E-state index is -0.824. The van der Waals surface area contributed by atoms with Gasteiger partial charge in [-0.3, -0.25) is 9.59 Å². The van der Waals surface area contributed by atoms with E-state index in [9.17, 15) is 9.59 Å². The van der Waals surface area contributed by atoms with E-state index in [0.29, 0.717) is 30.2 Å². The molecule has 2 N–H and O–H groups in total. The van der Waals surface area contributed by atoms with Gasteiger partial charge in [0.25, 0.3) is 0 Å². The van der Waals surface area contributed by atoms with Gasteiger partial charge in [0.2, 0.25) is 5.91 Å². The van der Waals surface area contributed by atoms with Gasteiger partial charge < -0.3 is 15.2 Å². The summed E-state index contributed by atoms with van der Waals surface area (Å²) in [6.45, 7) is 0.331. The van der Waals surface area contributed by atoms with Gasteiger partial charge in [-0.15, -0.1) is 0 Å². The average molecular weight is 360 g/mol. The van der Waals surface area contributed by atoms with E-state index < -0.39 is 5.97 Å². The molecule has 6 heteroatoms. The first kappa shape index (κ1) is 17.3. The third-order valence-electron chi connectivity index (χ3n) is 4.15. The van der Waals surface area contributed by atoms with E-state index in [1.807, 2.05) is 24.3 Å². The highest BCUT2D eigenvalue weighted by Gasteiger charge is 2.26. The number of amides is 1. The van der Waals surface area contributed by atoms with Crippen LogP contribution in [0.4, 0.5) is 5.69 Å². The predicted octanol–water partition coefficient (Wildman–Crippen LogP) is 3.55. The van der Waals surface area contributed by atoms with E-state index in [4.69, 9.17) is 21.4 Å². The molecular weight excluding hydrogens is 342 g/mol. The minimum Gasteiger partial charge on any atom is -0.492 e. The third kappa shape index (κ3) is 4.51. The molecule has 0 fully saturated rings. The Kier molecular flexibility index (Phi) is 5.24. The molecular formula is C19H18ClNO4. The second kappa shape index (κ2) is 7.57. The Hall–Kier alpha value is -2.53. The molecule has 0 spiro atoms. The van der Waals surface area contributed by atoms with Crippen molar-refractivity contribution in [2.75, 3.05) is 11.9 Å². The average Bonchev–Trinajstić information content (AvgIpc) is 2.60. The zero-order valence-corrected chi connectivity index (χ0v) is 14.3. The lowest BCUT2D eigenvalue weighted by Crippen LogP contribution is -2.32. The molecule has 0 bridgehead atoms. The first-order chi connectivity index (χ1) is 12.0. The smallest absolute Gasteiger partial charge is 0.303 e. The molecule has 1 aliphatic heterocycles. The summed E-state index contributed by atoms with van der Waals surface area (Å²) in [5.74, 6) is -0.437. The standard InChI is InChI=1S/C19H18ClNO4/c20-15-4-7-17-13(10-15)9-14(11-25-17)19(24)21-16-5-1-12(2-6-16)3-8-18(22)23/h1-2,4-7,10,14H,3,8-9,11H2,(H,21,24)(H,22,23). The molecule has 1 heterocycles. The van der Waals surface area contributed by atoms with Crippen LogP contribution in [0, 0.1) is 5.92 Å². The van der Waals surface area contributed by atoms with E-state index in [2.05, 4.69) is 5.32 Å². The molecule has 0 saturated heterocycles. The molecule has 130 valence electrons. The molecule has 2 aromatic rings. The monoisotopic (exact) mass is 359 g/mol. The highest BCUT2D eigenvalue weighted by molar-refractivity contribution is 6.30. The second-order valence-electron chi connectivity index (χ2n) is 6.04. The van der Waals surface area contributed by atoms with Crippen LogP contribution in [-0.4, -0.2) is 23.6 Å². The number of carbonyl (C=O) groups is 2. The molecule has 1 atom stereocenters. The van der Waals surface area contributed by atoms with Crippen LogP contribution in [0.3, 0.4) is 0 Å². The number of carbonyl (C=O) groups excluding carboxylic acids is 1. The maximum absolute atomic E-state index is 12.5. The van der Waals surface area contributed by atoms with Crippen LogP contribution in [0.15, 0.2) is 42.5 Å². The largest absolute Gasteiger partial charge is 0.492 e. The van der Waals surface area contributed by atoms with Crippen molar-refractivity contribution in [1.82, 2.24) is 0 Å². The first-order valence-corrected chi connectivity index (χ1v) is 8.42. The maximum atomic E-state index is 12.5. The van der Waals surface area contributed by atoms with Crippen LogP contribution < -0.4 is 10.1 Å². The van der Waals surface area contributed by atoms with Crippen molar-refractivity contribution in [3.63, 3.8) is 0 Å². The molecule has 0 aromatic heterocycles. The Labute approximate surface area is 150 Å². The number of aryl methyl sites for hydroxylation is 1. The summed E-state index contributed by atoms with van der Waals surface area (Å²) in [6.07, 6.45) is 1.14. The number of carboxylic acid groups (broad SMARTS) is 1. The van der Waals surface area contributed by atoms with Gasteiger partial charge in [0.1, 0.15) is 12.4 Å². The topological polar surface area (TPSA) is 75.6 Å². The van der Waals surface area contributed by atoms with Gasteiger partial charge >= 0.3 is 5.97 Å². The van der Waals surface area contributed by atoms with Crippen molar-refractivity contribution < 1.29 is 19.4 Å². The summed E-state index contributed by atoms with van der Waals surface area (Å²) in [5.41, 5.74) is 2.54. The highest BCUT2D eigenvalue weighted by Crippen LogP contribution is 2.30. The van der Waals surface area contributed by atoms with Gasteiger partial charge in [0.15, 0.2) is 0 Å². The number of anilines is 1. The SMILES string of the molecule is O=C(O)CCc1ccc(NC(=O)C2COc3ccc(Cl)cc3C2)cc1. The van der Waals surface area contributed by atoms with E-state index in [1.165, 1.54) is 0 Å². The van der Waals surface area contributed by atoms with Gasteiger partial charge in [0, 0.05) is 17.1 Å². The van der Waals surface area contributed by atoms with Gasteiger partial charge in [-0.05, 0) is 54.3 Å². The summed E-state index contributed by atoms with van der Waals surface area (Å²) in [4.78, 5) is 23.1. The van der Waals surface area contributed by atoms with Crippen molar-refractivity contribution in [3.05, 3.63) is 58.6 Å². The lowest BCUT2D eigenvalue weighted by atomic mass is 9.96. The van der Waals surface area contributed by atoms with Gasteiger partial charge in [-0.2, -0.15) is 0 Å². The molecule has 1 amide bonds. The van der Waals surface area contributed by atoms with Crippen LogP contribution in [0.1, 0.15) is 17.5 Å². The normalized spacial score (nSPS) is 15.8. The molecule has 0 saturated carbocycles. The summed E-state index contributed by atoms with van der Waals surface area (Å²) >= 11 is 6.00. The molecule has 1 aliphatic rings. The molecule has 0 radical (unpaired) electrons. The van der Waals surface area contributed by atoms with Crippen LogP contribution in [-0.2, 0) is 22.4 Å². The Morgan fingerprint density at radius 1 is 1.20 bits per heavy atom. The molecule has 2 aromatic carbocycles.